The number of carbonyl (C=O) groups excluding carboxylic acids is 1. The normalized spacial score (nSPS) is 14.6. The summed E-state index contributed by atoms with van der Waals surface area (Å²) in [4.78, 5) is 22.1. The minimum Gasteiger partial charge on any atom is -0.481 e. The van der Waals surface area contributed by atoms with E-state index in [1.54, 1.807) is 0 Å². The van der Waals surface area contributed by atoms with Crippen molar-refractivity contribution in [1.82, 2.24) is 0 Å². The summed E-state index contributed by atoms with van der Waals surface area (Å²) >= 11 is 0. The molecular formula is C12H22O4. The molecule has 0 aliphatic carbocycles. The Balaban J connectivity index is 4.18. The Hall–Kier alpha value is -1.06. The second kappa shape index (κ2) is 7.25. The Bertz CT molecular complexity index is 235. The average Bonchev–Trinajstić information content (AvgIpc) is 2.15. The molecule has 2 atom stereocenters. The van der Waals surface area contributed by atoms with Gasteiger partial charge in [-0.3, -0.25) is 9.59 Å². The van der Waals surface area contributed by atoms with Gasteiger partial charge in [0.2, 0.25) is 0 Å². The number of esters is 1. The summed E-state index contributed by atoms with van der Waals surface area (Å²) in [5, 5.41) is 8.68. The van der Waals surface area contributed by atoms with Crippen molar-refractivity contribution in [3.8, 4) is 0 Å². The van der Waals surface area contributed by atoms with Crippen LogP contribution in [-0.4, -0.2) is 23.1 Å². The molecule has 0 saturated carbocycles. The number of hydrogen-bond acceptors (Lipinski definition) is 3. The maximum absolute atomic E-state index is 11.5. The Kier molecular flexibility index (Phi) is 6.77. The fourth-order valence-electron chi connectivity index (χ4n) is 1.23. The van der Waals surface area contributed by atoms with Crippen LogP contribution in [0.5, 0.6) is 0 Å². The first kappa shape index (κ1) is 14.9. The maximum atomic E-state index is 11.5. The highest BCUT2D eigenvalue weighted by Crippen LogP contribution is 2.14. The van der Waals surface area contributed by atoms with E-state index in [1.165, 1.54) is 0 Å². The Labute approximate surface area is 97.0 Å². The van der Waals surface area contributed by atoms with Crippen LogP contribution in [0.1, 0.15) is 47.0 Å². The zero-order chi connectivity index (χ0) is 12.7. The highest BCUT2D eigenvalue weighted by molar-refractivity contribution is 5.71. The molecule has 0 unspecified atom stereocenters. The van der Waals surface area contributed by atoms with Crippen molar-refractivity contribution in [2.45, 2.75) is 53.1 Å². The minimum absolute atomic E-state index is 0.0250. The second-order valence-corrected chi connectivity index (χ2v) is 4.59. The van der Waals surface area contributed by atoms with Gasteiger partial charge in [0.25, 0.3) is 0 Å². The fraction of sp³-hybridized carbons (Fsp3) is 0.833. The van der Waals surface area contributed by atoms with Gasteiger partial charge in [0.05, 0.1) is 6.42 Å². The fourth-order valence-corrected chi connectivity index (χ4v) is 1.23. The van der Waals surface area contributed by atoms with Gasteiger partial charge >= 0.3 is 11.9 Å². The van der Waals surface area contributed by atoms with Crippen LogP contribution in [0.2, 0.25) is 0 Å². The molecule has 94 valence electrons. The molecule has 0 bridgehead atoms. The van der Waals surface area contributed by atoms with Crippen LogP contribution in [0.25, 0.3) is 0 Å². The predicted molar refractivity (Wildman–Crippen MR) is 61.0 cm³/mol. The van der Waals surface area contributed by atoms with E-state index < -0.39 is 12.1 Å². The van der Waals surface area contributed by atoms with Crippen molar-refractivity contribution in [3.63, 3.8) is 0 Å². The molecule has 0 fully saturated rings. The molecule has 0 radical (unpaired) electrons. The standard InChI is InChI=1S/C12H22O4/c1-5-9(4)6-12(15)16-10(8(2)3)7-11(13)14/h8-10H,5-7H2,1-4H3,(H,13,14)/t9-,10-/m0/s1. The molecule has 0 aliphatic rings. The first-order valence-corrected chi connectivity index (χ1v) is 5.78. The number of carboxylic acid groups (broad SMARTS) is 1. The van der Waals surface area contributed by atoms with E-state index in [-0.39, 0.29) is 24.2 Å². The third-order valence-electron chi connectivity index (χ3n) is 2.61. The van der Waals surface area contributed by atoms with Gasteiger partial charge in [-0.15, -0.1) is 0 Å². The van der Waals surface area contributed by atoms with Crippen molar-refractivity contribution >= 4 is 11.9 Å². The summed E-state index contributed by atoms with van der Waals surface area (Å²) in [6.45, 7) is 7.69. The molecule has 1 N–H and O–H groups in total. The van der Waals surface area contributed by atoms with E-state index in [9.17, 15) is 9.59 Å². The Morgan fingerprint density at radius 1 is 1.19 bits per heavy atom. The van der Waals surface area contributed by atoms with Gasteiger partial charge in [0, 0.05) is 6.42 Å². The van der Waals surface area contributed by atoms with Gasteiger partial charge in [-0.1, -0.05) is 34.1 Å². The van der Waals surface area contributed by atoms with Crippen LogP contribution in [0.3, 0.4) is 0 Å². The van der Waals surface area contributed by atoms with Crippen LogP contribution in [0.4, 0.5) is 0 Å². The molecule has 0 heterocycles. The minimum atomic E-state index is -0.935. The molecular weight excluding hydrogens is 208 g/mol. The lowest BCUT2D eigenvalue weighted by Gasteiger charge is -2.20. The molecule has 0 aliphatic heterocycles. The number of rotatable bonds is 7. The second-order valence-electron chi connectivity index (χ2n) is 4.59. The molecule has 0 rings (SSSR count). The molecule has 4 heteroatoms. The third-order valence-corrected chi connectivity index (χ3v) is 2.61. The van der Waals surface area contributed by atoms with Crippen molar-refractivity contribution in [2.24, 2.45) is 11.8 Å². The Morgan fingerprint density at radius 3 is 2.12 bits per heavy atom. The quantitative estimate of drug-likeness (QED) is 0.682. The molecule has 0 saturated heterocycles. The summed E-state index contributed by atoms with van der Waals surface area (Å²) < 4.78 is 5.18. The van der Waals surface area contributed by atoms with Crippen molar-refractivity contribution in [3.05, 3.63) is 0 Å². The third kappa shape index (κ3) is 6.43. The first-order chi connectivity index (χ1) is 7.36. The van der Waals surface area contributed by atoms with Crippen LogP contribution >= 0.6 is 0 Å². The highest BCUT2D eigenvalue weighted by Gasteiger charge is 2.22. The highest BCUT2D eigenvalue weighted by atomic mass is 16.5. The van der Waals surface area contributed by atoms with Gasteiger partial charge in [0.15, 0.2) is 0 Å². The first-order valence-electron chi connectivity index (χ1n) is 5.78. The molecule has 0 amide bonds. The lowest BCUT2D eigenvalue weighted by molar-refractivity contribution is -0.156. The SMILES string of the molecule is CC[C@H](C)CC(=O)O[C@@H](CC(=O)O)C(C)C. The average molecular weight is 230 g/mol. The number of ether oxygens (including phenoxy) is 1. The van der Waals surface area contributed by atoms with Gasteiger partial charge < -0.3 is 9.84 Å². The van der Waals surface area contributed by atoms with Crippen LogP contribution in [0.15, 0.2) is 0 Å². The van der Waals surface area contributed by atoms with Gasteiger partial charge in [-0.2, -0.15) is 0 Å². The van der Waals surface area contributed by atoms with E-state index in [0.717, 1.165) is 6.42 Å². The summed E-state index contributed by atoms with van der Waals surface area (Å²) in [7, 11) is 0. The zero-order valence-electron chi connectivity index (χ0n) is 10.5. The molecule has 16 heavy (non-hydrogen) atoms. The van der Waals surface area contributed by atoms with Crippen molar-refractivity contribution in [1.29, 1.82) is 0 Å². The zero-order valence-corrected chi connectivity index (χ0v) is 10.5. The predicted octanol–water partition coefficient (Wildman–Crippen LogP) is 2.47. The maximum Gasteiger partial charge on any atom is 0.307 e. The van der Waals surface area contributed by atoms with Gasteiger partial charge in [0.1, 0.15) is 6.10 Å². The van der Waals surface area contributed by atoms with Crippen LogP contribution in [-0.2, 0) is 14.3 Å². The number of aliphatic carboxylic acids is 1. The monoisotopic (exact) mass is 230 g/mol. The lowest BCUT2D eigenvalue weighted by Crippen LogP contribution is -2.27. The van der Waals surface area contributed by atoms with Crippen molar-refractivity contribution in [2.75, 3.05) is 0 Å². The smallest absolute Gasteiger partial charge is 0.307 e. The number of carbonyl (C=O) groups is 2. The molecule has 0 spiro atoms. The van der Waals surface area contributed by atoms with Crippen LogP contribution < -0.4 is 0 Å². The van der Waals surface area contributed by atoms with E-state index in [1.807, 2.05) is 27.7 Å². The number of hydrogen-bond donors (Lipinski definition) is 1. The number of carboxylic acids is 1. The molecule has 4 nitrogen and oxygen atoms in total. The van der Waals surface area contributed by atoms with E-state index >= 15 is 0 Å². The van der Waals surface area contributed by atoms with E-state index in [0.29, 0.717) is 6.42 Å². The largest absolute Gasteiger partial charge is 0.481 e. The van der Waals surface area contributed by atoms with Crippen LogP contribution in [0, 0.1) is 11.8 Å². The van der Waals surface area contributed by atoms with Gasteiger partial charge in [-0.25, -0.2) is 0 Å². The topological polar surface area (TPSA) is 63.6 Å². The summed E-state index contributed by atoms with van der Waals surface area (Å²) in [5.74, 6) is -0.925. The van der Waals surface area contributed by atoms with Crippen molar-refractivity contribution < 1.29 is 19.4 Å². The summed E-state index contributed by atoms with van der Waals surface area (Å²) in [6, 6.07) is 0. The molecule has 0 aromatic carbocycles. The van der Waals surface area contributed by atoms with E-state index in [2.05, 4.69) is 0 Å². The summed E-state index contributed by atoms with van der Waals surface area (Å²) in [6.07, 6.45) is 0.637. The molecule has 0 aromatic heterocycles. The molecule has 0 aromatic rings. The Morgan fingerprint density at radius 2 is 1.75 bits per heavy atom. The summed E-state index contributed by atoms with van der Waals surface area (Å²) in [5.41, 5.74) is 0. The lowest BCUT2D eigenvalue weighted by atomic mass is 10.0. The van der Waals surface area contributed by atoms with E-state index in [4.69, 9.17) is 9.84 Å². The van der Waals surface area contributed by atoms with Gasteiger partial charge in [-0.05, 0) is 11.8 Å².